The molecule has 39 heavy (non-hydrogen) atoms. The molecule has 4 rings (SSSR count). The molecule has 0 aromatic heterocycles. The lowest BCUT2D eigenvalue weighted by molar-refractivity contribution is -0.145. The number of carbonyl (C=O) groups excluding carboxylic acids is 3. The van der Waals surface area contributed by atoms with Gasteiger partial charge in [0.15, 0.2) is 5.78 Å². The van der Waals surface area contributed by atoms with E-state index in [9.17, 15) is 27.6 Å². The molecule has 204 valence electrons. The third kappa shape index (κ3) is 6.30. The number of nitrogens with one attached hydrogen (secondary N) is 2. The van der Waals surface area contributed by atoms with E-state index in [1.807, 2.05) is 31.2 Å². The summed E-state index contributed by atoms with van der Waals surface area (Å²) >= 11 is 0. The van der Waals surface area contributed by atoms with E-state index in [1.54, 1.807) is 25.1 Å². The van der Waals surface area contributed by atoms with Crippen LogP contribution in [0.2, 0.25) is 0 Å². The molecule has 0 radical (unpaired) electrons. The van der Waals surface area contributed by atoms with Gasteiger partial charge in [-0.1, -0.05) is 43.3 Å². The number of aryl methyl sites for hydroxylation is 1. The predicted molar refractivity (Wildman–Crippen MR) is 143 cm³/mol. The molecule has 1 aliphatic carbocycles. The van der Waals surface area contributed by atoms with Crippen LogP contribution in [0.1, 0.15) is 54.6 Å². The number of benzene rings is 3. The smallest absolute Gasteiger partial charge is 0.416 e. The van der Waals surface area contributed by atoms with Gasteiger partial charge >= 0.3 is 18.2 Å². The topological polar surface area (TPSA) is 84.5 Å². The first-order valence-electron chi connectivity index (χ1n) is 12.7. The van der Waals surface area contributed by atoms with Gasteiger partial charge in [0.25, 0.3) is 0 Å². The number of amides is 2. The lowest BCUT2D eigenvalue weighted by atomic mass is 9.67. The molecule has 9 heteroatoms. The third-order valence-corrected chi connectivity index (χ3v) is 7.09. The molecule has 0 saturated heterocycles. The number of esters is 1. The zero-order valence-corrected chi connectivity index (χ0v) is 21.7. The van der Waals surface area contributed by atoms with Crippen LogP contribution in [0.15, 0.2) is 66.7 Å². The summed E-state index contributed by atoms with van der Waals surface area (Å²) in [5, 5.41) is 5.02. The highest BCUT2D eigenvalue weighted by atomic mass is 19.4. The molecule has 0 saturated carbocycles. The molecule has 6 nitrogen and oxygen atoms in total. The van der Waals surface area contributed by atoms with E-state index in [-0.39, 0.29) is 30.5 Å². The number of ketones is 1. The Balaban J connectivity index is 1.44. The summed E-state index contributed by atoms with van der Waals surface area (Å²) in [5.74, 6) is -0.387. The molecule has 0 aliphatic heterocycles. The summed E-state index contributed by atoms with van der Waals surface area (Å²) in [5.41, 5.74) is 2.20. The molecule has 3 aromatic rings. The molecule has 1 atom stereocenters. The maximum atomic E-state index is 13.4. The Morgan fingerprint density at radius 1 is 0.923 bits per heavy atom. The van der Waals surface area contributed by atoms with Crippen molar-refractivity contribution in [2.75, 3.05) is 17.2 Å². The Bertz CT molecular complexity index is 1390. The van der Waals surface area contributed by atoms with Gasteiger partial charge < -0.3 is 15.4 Å². The van der Waals surface area contributed by atoms with Crippen LogP contribution in [0.3, 0.4) is 0 Å². The van der Waals surface area contributed by atoms with Crippen LogP contribution in [0.4, 0.5) is 29.3 Å². The number of ether oxygens (including phenoxy) is 1. The second-order valence-corrected chi connectivity index (χ2v) is 9.55. The summed E-state index contributed by atoms with van der Waals surface area (Å²) in [6, 6.07) is 16.4. The van der Waals surface area contributed by atoms with E-state index in [0.29, 0.717) is 30.5 Å². The zero-order valence-electron chi connectivity index (χ0n) is 21.7. The van der Waals surface area contributed by atoms with E-state index in [2.05, 4.69) is 10.6 Å². The van der Waals surface area contributed by atoms with Crippen molar-refractivity contribution in [3.05, 3.63) is 83.4 Å². The standard InChI is InChI=1S/C30H29F3N2O4/c1-3-29(18-26(36)39-4-2)15-14-21-16-20(10-13-25(21)27(29)37)19-8-11-23(12-9-19)34-28(38)35-24-7-5-6-22(17-24)30(31,32)33/h5-13,16-17H,3-4,14-15,18H2,1-2H3,(H2,34,35,38)/t29-/m0/s1. The average Bonchev–Trinajstić information content (AvgIpc) is 2.90. The number of rotatable bonds is 7. The minimum Gasteiger partial charge on any atom is -0.466 e. The Kier molecular flexibility index (Phi) is 8.09. The summed E-state index contributed by atoms with van der Waals surface area (Å²) in [4.78, 5) is 37.9. The second-order valence-electron chi connectivity index (χ2n) is 9.55. The summed E-state index contributed by atoms with van der Waals surface area (Å²) in [6.45, 7) is 3.95. The fourth-order valence-corrected chi connectivity index (χ4v) is 4.91. The highest BCUT2D eigenvalue weighted by Crippen LogP contribution is 2.42. The molecule has 3 aromatic carbocycles. The van der Waals surface area contributed by atoms with Crippen molar-refractivity contribution in [2.45, 2.75) is 45.7 Å². The van der Waals surface area contributed by atoms with Gasteiger partial charge in [0.2, 0.25) is 0 Å². The van der Waals surface area contributed by atoms with Gasteiger partial charge in [-0.3, -0.25) is 9.59 Å². The fraction of sp³-hybridized carbons (Fsp3) is 0.300. The third-order valence-electron chi connectivity index (χ3n) is 7.09. The number of alkyl halides is 3. The maximum absolute atomic E-state index is 13.4. The van der Waals surface area contributed by atoms with Crippen molar-refractivity contribution in [2.24, 2.45) is 5.41 Å². The van der Waals surface area contributed by atoms with Crippen LogP contribution in [0.5, 0.6) is 0 Å². The second kappa shape index (κ2) is 11.3. The lowest BCUT2D eigenvalue weighted by Gasteiger charge is -2.35. The number of hydrogen-bond acceptors (Lipinski definition) is 4. The first kappa shape index (κ1) is 27.9. The van der Waals surface area contributed by atoms with Gasteiger partial charge in [-0.25, -0.2) is 4.79 Å². The fourth-order valence-electron chi connectivity index (χ4n) is 4.91. The quantitative estimate of drug-likeness (QED) is 0.305. The van der Waals surface area contributed by atoms with Crippen LogP contribution in [-0.2, 0) is 22.1 Å². The summed E-state index contributed by atoms with van der Waals surface area (Å²) in [7, 11) is 0. The molecule has 2 amide bonds. The maximum Gasteiger partial charge on any atom is 0.416 e. The lowest BCUT2D eigenvalue weighted by Crippen LogP contribution is -2.38. The predicted octanol–water partition coefficient (Wildman–Crippen LogP) is 7.49. The van der Waals surface area contributed by atoms with Gasteiger partial charge in [0, 0.05) is 22.4 Å². The number of Topliss-reactive ketones (excluding diaryl/α,β-unsaturated/α-hetero) is 1. The highest BCUT2D eigenvalue weighted by molar-refractivity contribution is 6.05. The van der Waals surface area contributed by atoms with Crippen molar-refractivity contribution < 1.29 is 32.3 Å². The Hall–Kier alpha value is -4.14. The molecule has 2 N–H and O–H groups in total. The van der Waals surface area contributed by atoms with Crippen LogP contribution in [0.25, 0.3) is 11.1 Å². The van der Waals surface area contributed by atoms with E-state index in [0.717, 1.165) is 28.8 Å². The van der Waals surface area contributed by atoms with Crippen molar-refractivity contribution in [1.29, 1.82) is 0 Å². The van der Waals surface area contributed by atoms with E-state index < -0.39 is 23.2 Å². The normalized spacial score (nSPS) is 16.8. The largest absolute Gasteiger partial charge is 0.466 e. The molecule has 0 unspecified atom stereocenters. The molecule has 0 fully saturated rings. The zero-order chi connectivity index (χ0) is 28.2. The van der Waals surface area contributed by atoms with E-state index in [1.165, 1.54) is 12.1 Å². The molecule has 0 heterocycles. The highest BCUT2D eigenvalue weighted by Gasteiger charge is 2.43. The minimum atomic E-state index is -4.50. The van der Waals surface area contributed by atoms with Crippen molar-refractivity contribution in [1.82, 2.24) is 0 Å². The van der Waals surface area contributed by atoms with Crippen LogP contribution in [0, 0.1) is 5.41 Å². The molecule has 1 aliphatic rings. The summed E-state index contributed by atoms with van der Waals surface area (Å²) in [6.07, 6.45) is -2.64. The Labute approximate surface area is 224 Å². The van der Waals surface area contributed by atoms with Crippen molar-refractivity contribution >= 4 is 29.2 Å². The van der Waals surface area contributed by atoms with Crippen molar-refractivity contribution in [3.63, 3.8) is 0 Å². The number of halogens is 3. The molecule has 0 bridgehead atoms. The Morgan fingerprint density at radius 3 is 2.28 bits per heavy atom. The SMILES string of the molecule is CCOC(=O)C[C@]1(CC)CCc2cc(-c3ccc(NC(=O)Nc4cccc(C(F)(F)F)c4)cc3)ccc2C1=O. The number of hydrogen-bond donors (Lipinski definition) is 2. The van der Waals surface area contributed by atoms with Gasteiger partial charge in [-0.15, -0.1) is 0 Å². The minimum absolute atomic E-state index is 0.0249. The first-order valence-corrected chi connectivity index (χ1v) is 12.7. The van der Waals surface area contributed by atoms with Gasteiger partial charge in [0.1, 0.15) is 0 Å². The van der Waals surface area contributed by atoms with E-state index in [4.69, 9.17) is 4.74 Å². The van der Waals surface area contributed by atoms with E-state index >= 15 is 0 Å². The Morgan fingerprint density at radius 2 is 1.62 bits per heavy atom. The van der Waals surface area contributed by atoms with Gasteiger partial charge in [-0.2, -0.15) is 13.2 Å². The number of fused-ring (bicyclic) bond motifs is 1. The monoisotopic (exact) mass is 538 g/mol. The average molecular weight is 539 g/mol. The van der Waals surface area contributed by atoms with Crippen LogP contribution < -0.4 is 10.6 Å². The molecular formula is C30H29F3N2O4. The number of anilines is 2. The molecule has 0 spiro atoms. The van der Waals surface area contributed by atoms with Crippen LogP contribution in [-0.4, -0.2) is 24.4 Å². The molecular weight excluding hydrogens is 509 g/mol. The number of carbonyl (C=O) groups is 3. The first-order chi connectivity index (χ1) is 18.5. The number of urea groups is 1. The van der Waals surface area contributed by atoms with Gasteiger partial charge in [0.05, 0.1) is 18.6 Å². The summed E-state index contributed by atoms with van der Waals surface area (Å²) < 4.78 is 43.8. The van der Waals surface area contributed by atoms with Gasteiger partial charge in [-0.05, 0) is 73.2 Å². The van der Waals surface area contributed by atoms with Crippen LogP contribution >= 0.6 is 0 Å². The van der Waals surface area contributed by atoms with Crippen molar-refractivity contribution in [3.8, 4) is 11.1 Å².